The predicted molar refractivity (Wildman–Crippen MR) is 64.5 cm³/mol. The number of hydrogen-bond acceptors (Lipinski definition) is 4. The Morgan fingerprint density at radius 3 is 3.13 bits per heavy atom. The second-order valence-electron chi connectivity index (χ2n) is 3.87. The van der Waals surface area contributed by atoms with Crippen LogP contribution in [0, 0.1) is 0 Å². The van der Waals surface area contributed by atoms with Crippen LogP contribution in [-0.2, 0) is 4.79 Å². The first kappa shape index (κ1) is 12.8. The Kier molecular flexibility index (Phi) is 6.05. The van der Waals surface area contributed by atoms with E-state index in [1.54, 1.807) is 0 Å². The van der Waals surface area contributed by atoms with Gasteiger partial charge in [-0.1, -0.05) is 6.92 Å². The zero-order chi connectivity index (χ0) is 11.1. The zero-order valence-corrected chi connectivity index (χ0v) is 10.2. The highest BCUT2D eigenvalue weighted by Crippen LogP contribution is 2.21. The Morgan fingerprint density at radius 1 is 1.67 bits per heavy atom. The number of nitrogens with zero attached hydrogens (tertiary/aromatic N) is 1. The minimum Gasteiger partial charge on any atom is -0.301 e. The summed E-state index contributed by atoms with van der Waals surface area (Å²) in [5, 5.41) is 0.780. The summed E-state index contributed by atoms with van der Waals surface area (Å²) < 4.78 is 0. The molecule has 0 aromatic carbocycles. The lowest BCUT2D eigenvalue weighted by Gasteiger charge is -2.31. The minimum atomic E-state index is -0.0616. The molecule has 1 atom stereocenters. The quantitative estimate of drug-likeness (QED) is 0.413. The number of rotatable bonds is 5. The minimum absolute atomic E-state index is 0.0616. The van der Waals surface area contributed by atoms with Gasteiger partial charge in [-0.05, 0) is 19.4 Å². The molecule has 1 fully saturated rings. The van der Waals surface area contributed by atoms with Crippen LogP contribution in [0.5, 0.6) is 0 Å². The van der Waals surface area contributed by atoms with Crippen molar-refractivity contribution in [2.24, 2.45) is 5.84 Å². The molecule has 88 valence electrons. The summed E-state index contributed by atoms with van der Waals surface area (Å²) in [4.78, 5) is 13.4. The summed E-state index contributed by atoms with van der Waals surface area (Å²) in [6.07, 6.45) is 2.69. The zero-order valence-electron chi connectivity index (χ0n) is 9.37. The van der Waals surface area contributed by atoms with Crippen LogP contribution in [0.2, 0.25) is 0 Å². The van der Waals surface area contributed by atoms with E-state index in [4.69, 9.17) is 5.84 Å². The molecule has 0 radical (unpaired) electrons. The number of thioether (sulfide) groups is 1. The van der Waals surface area contributed by atoms with Crippen molar-refractivity contribution < 1.29 is 4.79 Å². The van der Waals surface area contributed by atoms with Crippen LogP contribution in [0.1, 0.15) is 26.2 Å². The normalized spacial score (nSPS) is 22.7. The topological polar surface area (TPSA) is 58.4 Å². The van der Waals surface area contributed by atoms with Gasteiger partial charge < -0.3 is 4.90 Å². The Balaban J connectivity index is 2.12. The molecular weight excluding hydrogens is 210 g/mol. The lowest BCUT2D eigenvalue weighted by molar-refractivity contribution is -0.121. The second-order valence-corrected chi connectivity index (χ2v) is 5.28. The average Bonchev–Trinajstić information content (AvgIpc) is 2.29. The van der Waals surface area contributed by atoms with E-state index in [-0.39, 0.29) is 5.91 Å². The van der Waals surface area contributed by atoms with Gasteiger partial charge in [0.05, 0.1) is 0 Å². The van der Waals surface area contributed by atoms with Crippen molar-refractivity contribution in [1.29, 1.82) is 0 Å². The molecule has 5 heteroatoms. The summed E-state index contributed by atoms with van der Waals surface area (Å²) in [6, 6.07) is 0. The smallest absolute Gasteiger partial charge is 0.233 e. The Labute approximate surface area is 95.9 Å². The summed E-state index contributed by atoms with van der Waals surface area (Å²) in [5.74, 6) is 6.18. The molecular formula is C10H21N3OS. The Morgan fingerprint density at radius 2 is 2.47 bits per heavy atom. The predicted octanol–water partition coefficient (Wildman–Crippen LogP) is 0.584. The largest absolute Gasteiger partial charge is 0.301 e. The Bertz CT molecular complexity index is 201. The van der Waals surface area contributed by atoms with Gasteiger partial charge in [0.1, 0.15) is 0 Å². The molecule has 3 N–H and O–H groups in total. The molecule has 4 nitrogen and oxygen atoms in total. The summed E-state index contributed by atoms with van der Waals surface area (Å²) in [6.45, 7) is 5.59. The van der Waals surface area contributed by atoms with E-state index in [0.29, 0.717) is 6.42 Å². The number of hydrazine groups is 1. The lowest BCUT2D eigenvalue weighted by Crippen LogP contribution is -2.38. The number of hydrogen-bond donors (Lipinski definition) is 2. The third-order valence-corrected chi connectivity index (χ3v) is 4.09. The molecule has 1 saturated heterocycles. The van der Waals surface area contributed by atoms with E-state index in [0.717, 1.165) is 24.8 Å². The molecule has 0 aromatic heterocycles. The van der Waals surface area contributed by atoms with Crippen LogP contribution in [0.25, 0.3) is 0 Å². The van der Waals surface area contributed by atoms with E-state index in [1.807, 2.05) is 0 Å². The monoisotopic (exact) mass is 231 g/mol. The number of carbonyl (C=O) groups is 1. The highest BCUT2D eigenvalue weighted by atomic mass is 32.2. The van der Waals surface area contributed by atoms with Crippen molar-refractivity contribution in [1.82, 2.24) is 10.3 Å². The maximum absolute atomic E-state index is 10.9. The van der Waals surface area contributed by atoms with Crippen LogP contribution >= 0.6 is 11.8 Å². The van der Waals surface area contributed by atoms with Gasteiger partial charge in [0, 0.05) is 30.5 Å². The van der Waals surface area contributed by atoms with Crippen molar-refractivity contribution in [2.45, 2.75) is 31.4 Å². The van der Waals surface area contributed by atoms with Gasteiger partial charge in [-0.15, -0.1) is 0 Å². The van der Waals surface area contributed by atoms with Crippen LogP contribution in [-0.4, -0.2) is 41.4 Å². The summed E-state index contributed by atoms with van der Waals surface area (Å²) >= 11 is 2.07. The molecule has 1 heterocycles. The fraction of sp³-hybridized carbons (Fsp3) is 0.900. The van der Waals surface area contributed by atoms with Crippen molar-refractivity contribution in [3.8, 4) is 0 Å². The molecule has 0 bridgehead atoms. The third kappa shape index (κ3) is 4.86. The first-order valence-corrected chi connectivity index (χ1v) is 6.64. The third-order valence-electron chi connectivity index (χ3n) is 2.72. The maximum Gasteiger partial charge on any atom is 0.233 e. The second kappa shape index (κ2) is 7.09. The fourth-order valence-electron chi connectivity index (χ4n) is 1.77. The number of carbonyl (C=O) groups excluding carboxylic acids is 1. The van der Waals surface area contributed by atoms with Gasteiger partial charge in [0.2, 0.25) is 5.91 Å². The standard InChI is InChI=1S/C10H21N3OS/c1-2-9-8-13(6-7-15-9)5-3-4-10(14)12-11/h9H,2-8,11H2,1H3,(H,12,14). The van der Waals surface area contributed by atoms with E-state index in [1.165, 1.54) is 18.7 Å². The molecule has 0 aromatic rings. The van der Waals surface area contributed by atoms with Crippen molar-refractivity contribution in [2.75, 3.05) is 25.4 Å². The van der Waals surface area contributed by atoms with E-state index < -0.39 is 0 Å². The van der Waals surface area contributed by atoms with Gasteiger partial charge in [-0.25, -0.2) is 5.84 Å². The molecule has 1 rings (SSSR count). The van der Waals surface area contributed by atoms with Crippen LogP contribution in [0.4, 0.5) is 0 Å². The first-order chi connectivity index (χ1) is 7.26. The van der Waals surface area contributed by atoms with E-state index in [2.05, 4.69) is 29.0 Å². The Hall–Kier alpha value is -0.260. The van der Waals surface area contributed by atoms with E-state index in [9.17, 15) is 4.79 Å². The van der Waals surface area contributed by atoms with Gasteiger partial charge in [0.15, 0.2) is 0 Å². The molecule has 1 aliphatic rings. The molecule has 15 heavy (non-hydrogen) atoms. The van der Waals surface area contributed by atoms with Crippen molar-refractivity contribution in [3.63, 3.8) is 0 Å². The van der Waals surface area contributed by atoms with Gasteiger partial charge >= 0.3 is 0 Å². The van der Waals surface area contributed by atoms with Gasteiger partial charge in [0.25, 0.3) is 0 Å². The highest BCUT2D eigenvalue weighted by Gasteiger charge is 2.18. The first-order valence-electron chi connectivity index (χ1n) is 5.59. The number of nitrogens with two attached hydrogens (primary N) is 1. The molecule has 1 amide bonds. The summed E-state index contributed by atoms with van der Waals surface area (Å²) in [7, 11) is 0. The molecule has 0 spiro atoms. The maximum atomic E-state index is 10.9. The van der Waals surface area contributed by atoms with Gasteiger partial charge in [-0.2, -0.15) is 11.8 Å². The number of amides is 1. The molecule has 0 saturated carbocycles. The molecule has 1 unspecified atom stereocenters. The summed E-state index contributed by atoms with van der Waals surface area (Å²) in [5.41, 5.74) is 2.16. The molecule has 1 aliphatic heterocycles. The molecule has 0 aliphatic carbocycles. The fourth-order valence-corrected chi connectivity index (χ4v) is 3.01. The van der Waals surface area contributed by atoms with Crippen LogP contribution in [0.15, 0.2) is 0 Å². The van der Waals surface area contributed by atoms with Crippen LogP contribution in [0.3, 0.4) is 0 Å². The highest BCUT2D eigenvalue weighted by molar-refractivity contribution is 8.00. The van der Waals surface area contributed by atoms with Crippen molar-refractivity contribution >= 4 is 17.7 Å². The van der Waals surface area contributed by atoms with E-state index >= 15 is 0 Å². The van der Waals surface area contributed by atoms with Gasteiger partial charge in [-0.3, -0.25) is 10.2 Å². The average molecular weight is 231 g/mol. The van der Waals surface area contributed by atoms with Crippen molar-refractivity contribution in [3.05, 3.63) is 0 Å². The van der Waals surface area contributed by atoms with Crippen LogP contribution < -0.4 is 11.3 Å². The lowest BCUT2D eigenvalue weighted by atomic mass is 10.2. The number of nitrogens with one attached hydrogen (secondary N) is 1. The SMILES string of the molecule is CCC1CN(CCCC(=O)NN)CCS1.